The molecule has 7 nitrogen and oxygen atoms in total. The molecule has 156 valence electrons. The van der Waals surface area contributed by atoms with Crippen LogP contribution in [-0.2, 0) is 19.6 Å². The summed E-state index contributed by atoms with van der Waals surface area (Å²) < 4.78 is 45.3. The van der Waals surface area contributed by atoms with Crippen LogP contribution in [0.1, 0.15) is 30.6 Å². The first-order chi connectivity index (χ1) is 13.7. The molecule has 0 unspecified atom stereocenters. The molecule has 0 heterocycles. The van der Waals surface area contributed by atoms with E-state index in [9.17, 15) is 22.4 Å². The Morgan fingerprint density at radius 2 is 1.72 bits per heavy atom. The first-order valence-corrected chi connectivity index (χ1v) is 10.5. The number of benzene rings is 2. The standard InChI is InChI=1S/C20H23FN2O5S/c1-14(2)11-12-22-19(24)13-28-20(25)17-5-3-4-6-18(17)23-29(26,27)16-9-7-15(21)8-10-16/h3-10,14,23H,11-13H2,1-2H3,(H,22,24). The molecule has 2 aromatic rings. The maximum Gasteiger partial charge on any atom is 0.340 e. The molecule has 0 aliphatic heterocycles. The Morgan fingerprint density at radius 3 is 2.38 bits per heavy atom. The van der Waals surface area contributed by atoms with Crippen molar-refractivity contribution in [3.05, 3.63) is 59.9 Å². The fourth-order valence-electron chi connectivity index (χ4n) is 2.33. The molecule has 0 saturated heterocycles. The van der Waals surface area contributed by atoms with E-state index in [1.807, 2.05) is 13.8 Å². The van der Waals surface area contributed by atoms with Crippen molar-refractivity contribution in [1.29, 1.82) is 0 Å². The average Bonchev–Trinajstić information content (AvgIpc) is 2.66. The third-order valence-corrected chi connectivity index (χ3v) is 5.27. The highest BCUT2D eigenvalue weighted by Gasteiger charge is 2.20. The Balaban J connectivity index is 2.05. The summed E-state index contributed by atoms with van der Waals surface area (Å²) >= 11 is 0. The normalized spacial score (nSPS) is 11.2. The number of hydrogen-bond donors (Lipinski definition) is 2. The highest BCUT2D eigenvalue weighted by molar-refractivity contribution is 7.92. The second kappa shape index (κ2) is 10.0. The van der Waals surface area contributed by atoms with E-state index in [2.05, 4.69) is 10.0 Å². The molecule has 0 fully saturated rings. The number of sulfonamides is 1. The smallest absolute Gasteiger partial charge is 0.340 e. The third kappa shape index (κ3) is 6.86. The highest BCUT2D eigenvalue weighted by Crippen LogP contribution is 2.21. The summed E-state index contributed by atoms with van der Waals surface area (Å²) in [6.45, 7) is 4.05. The lowest BCUT2D eigenvalue weighted by Gasteiger charge is -2.12. The molecule has 0 radical (unpaired) electrons. The minimum atomic E-state index is -4.04. The molecule has 0 saturated carbocycles. The van der Waals surface area contributed by atoms with Gasteiger partial charge >= 0.3 is 5.97 Å². The first-order valence-electron chi connectivity index (χ1n) is 9.00. The van der Waals surface area contributed by atoms with Gasteiger partial charge in [0.25, 0.3) is 15.9 Å². The van der Waals surface area contributed by atoms with Gasteiger partial charge in [0.2, 0.25) is 0 Å². The minimum absolute atomic E-state index is 0.0120. The monoisotopic (exact) mass is 422 g/mol. The van der Waals surface area contributed by atoms with Crippen molar-refractivity contribution in [2.24, 2.45) is 5.92 Å². The van der Waals surface area contributed by atoms with Crippen LogP contribution in [0, 0.1) is 11.7 Å². The van der Waals surface area contributed by atoms with E-state index in [1.54, 1.807) is 0 Å². The van der Waals surface area contributed by atoms with Gasteiger partial charge in [0.15, 0.2) is 6.61 Å². The summed E-state index contributed by atoms with van der Waals surface area (Å²) in [5.74, 6) is -1.43. The molecule has 0 aliphatic carbocycles. The zero-order chi connectivity index (χ0) is 21.4. The summed E-state index contributed by atoms with van der Waals surface area (Å²) in [4.78, 5) is 23.9. The number of carbonyl (C=O) groups is 2. The largest absolute Gasteiger partial charge is 0.452 e. The second-order valence-corrected chi connectivity index (χ2v) is 8.40. The van der Waals surface area contributed by atoms with Crippen molar-refractivity contribution in [3.8, 4) is 0 Å². The van der Waals surface area contributed by atoms with Crippen LogP contribution < -0.4 is 10.0 Å². The van der Waals surface area contributed by atoms with Gasteiger partial charge in [0, 0.05) is 6.54 Å². The van der Waals surface area contributed by atoms with E-state index in [1.165, 1.54) is 24.3 Å². The molecule has 0 aliphatic rings. The van der Waals surface area contributed by atoms with E-state index in [0.717, 1.165) is 30.7 Å². The molecule has 2 N–H and O–H groups in total. The Morgan fingerprint density at radius 1 is 1.07 bits per heavy atom. The van der Waals surface area contributed by atoms with Crippen molar-refractivity contribution >= 4 is 27.6 Å². The zero-order valence-electron chi connectivity index (χ0n) is 16.1. The van der Waals surface area contributed by atoms with Crippen LogP contribution in [0.3, 0.4) is 0 Å². The lowest BCUT2D eigenvalue weighted by atomic mass is 10.1. The van der Waals surface area contributed by atoms with Crippen LogP contribution in [-0.4, -0.2) is 33.4 Å². The number of esters is 1. The highest BCUT2D eigenvalue weighted by atomic mass is 32.2. The van der Waals surface area contributed by atoms with Crippen LogP contribution >= 0.6 is 0 Å². The van der Waals surface area contributed by atoms with Crippen LogP contribution in [0.5, 0.6) is 0 Å². The van der Waals surface area contributed by atoms with Gasteiger partial charge in [-0.1, -0.05) is 26.0 Å². The lowest BCUT2D eigenvalue weighted by molar-refractivity contribution is -0.124. The molecule has 0 bridgehead atoms. The number of halogens is 1. The molecule has 0 spiro atoms. The van der Waals surface area contributed by atoms with Crippen LogP contribution in [0.15, 0.2) is 53.4 Å². The van der Waals surface area contributed by atoms with Gasteiger partial charge in [-0.15, -0.1) is 0 Å². The fraction of sp³-hybridized carbons (Fsp3) is 0.300. The Bertz CT molecular complexity index is 959. The van der Waals surface area contributed by atoms with Gasteiger partial charge in [-0.3, -0.25) is 9.52 Å². The van der Waals surface area contributed by atoms with E-state index >= 15 is 0 Å². The average molecular weight is 422 g/mol. The number of carbonyl (C=O) groups excluding carboxylic acids is 2. The quantitative estimate of drug-likeness (QED) is 0.605. The van der Waals surface area contributed by atoms with E-state index in [-0.39, 0.29) is 16.1 Å². The van der Waals surface area contributed by atoms with Crippen molar-refractivity contribution in [1.82, 2.24) is 5.32 Å². The van der Waals surface area contributed by atoms with Crippen LogP contribution in [0.2, 0.25) is 0 Å². The Hall–Kier alpha value is -2.94. The molecule has 9 heteroatoms. The molecule has 0 aromatic heterocycles. The van der Waals surface area contributed by atoms with Gasteiger partial charge in [-0.05, 0) is 48.7 Å². The lowest BCUT2D eigenvalue weighted by Crippen LogP contribution is -2.30. The summed E-state index contributed by atoms with van der Waals surface area (Å²) in [6.07, 6.45) is 0.799. The van der Waals surface area contributed by atoms with E-state index in [0.29, 0.717) is 12.5 Å². The van der Waals surface area contributed by atoms with E-state index < -0.39 is 34.3 Å². The second-order valence-electron chi connectivity index (χ2n) is 6.71. The number of hydrogen-bond acceptors (Lipinski definition) is 5. The Kier molecular flexibility index (Phi) is 7.72. The number of amides is 1. The summed E-state index contributed by atoms with van der Waals surface area (Å²) in [7, 11) is -4.04. The minimum Gasteiger partial charge on any atom is -0.452 e. The van der Waals surface area contributed by atoms with Crippen LogP contribution in [0.25, 0.3) is 0 Å². The third-order valence-electron chi connectivity index (χ3n) is 3.89. The van der Waals surface area contributed by atoms with Crippen molar-refractivity contribution in [2.75, 3.05) is 17.9 Å². The number of anilines is 1. The molecule has 29 heavy (non-hydrogen) atoms. The van der Waals surface area contributed by atoms with Gasteiger partial charge in [0.1, 0.15) is 5.82 Å². The van der Waals surface area contributed by atoms with Crippen LogP contribution in [0.4, 0.5) is 10.1 Å². The van der Waals surface area contributed by atoms with Gasteiger partial charge in [0.05, 0.1) is 16.1 Å². The number of rotatable bonds is 9. The maximum absolute atomic E-state index is 13.0. The predicted molar refractivity (Wildman–Crippen MR) is 106 cm³/mol. The van der Waals surface area contributed by atoms with Gasteiger partial charge in [-0.25, -0.2) is 17.6 Å². The SMILES string of the molecule is CC(C)CCNC(=O)COC(=O)c1ccccc1NS(=O)(=O)c1ccc(F)cc1. The van der Waals surface area contributed by atoms with E-state index in [4.69, 9.17) is 4.74 Å². The molecule has 0 atom stereocenters. The summed E-state index contributed by atoms with van der Waals surface area (Å²) in [6, 6.07) is 10.1. The molecule has 2 aromatic carbocycles. The van der Waals surface area contributed by atoms with Gasteiger partial charge in [-0.2, -0.15) is 0 Å². The van der Waals surface area contributed by atoms with Gasteiger partial charge < -0.3 is 10.1 Å². The summed E-state index contributed by atoms with van der Waals surface area (Å²) in [5, 5.41) is 2.64. The Labute approximate surface area is 169 Å². The first kappa shape index (κ1) is 22.4. The molecule has 2 rings (SSSR count). The topological polar surface area (TPSA) is 102 Å². The summed E-state index contributed by atoms with van der Waals surface area (Å²) in [5.41, 5.74) is -0.0600. The number of nitrogens with one attached hydrogen (secondary N) is 2. The van der Waals surface area contributed by atoms with Crippen molar-refractivity contribution in [3.63, 3.8) is 0 Å². The molecular formula is C20H23FN2O5S. The zero-order valence-corrected chi connectivity index (χ0v) is 17.0. The maximum atomic E-state index is 13.0. The number of ether oxygens (including phenoxy) is 1. The fourth-order valence-corrected chi connectivity index (χ4v) is 3.41. The van der Waals surface area contributed by atoms with Crippen molar-refractivity contribution in [2.45, 2.75) is 25.2 Å². The van der Waals surface area contributed by atoms with Crippen molar-refractivity contribution < 1.29 is 27.1 Å². The molecule has 1 amide bonds. The predicted octanol–water partition coefficient (Wildman–Crippen LogP) is 2.95. The molecular weight excluding hydrogens is 399 g/mol. The number of para-hydroxylation sites is 1.